The third-order valence-electron chi connectivity index (χ3n) is 2.54. The summed E-state index contributed by atoms with van der Waals surface area (Å²) in [4.78, 5) is 4.23. The van der Waals surface area contributed by atoms with Gasteiger partial charge in [0.25, 0.3) is 0 Å². The van der Waals surface area contributed by atoms with Crippen molar-refractivity contribution in [3.8, 4) is 0 Å². The van der Waals surface area contributed by atoms with Crippen LogP contribution in [-0.2, 0) is 17.8 Å². The van der Waals surface area contributed by atoms with Crippen LogP contribution in [0.3, 0.4) is 0 Å². The Balaban J connectivity index is 1.64. The lowest BCUT2D eigenvalue weighted by atomic mass is 10.4. The Kier molecular flexibility index (Phi) is 4.36. The second kappa shape index (κ2) is 6.01. The SMILES string of the molecule is CCCOCc1cnc(CCNC2CC2)o1. The number of rotatable bonds is 8. The molecule has 0 spiro atoms. The minimum absolute atomic E-state index is 0.539. The van der Waals surface area contributed by atoms with E-state index in [-0.39, 0.29) is 0 Å². The predicted molar refractivity (Wildman–Crippen MR) is 61.2 cm³/mol. The van der Waals surface area contributed by atoms with E-state index in [1.807, 2.05) is 0 Å². The van der Waals surface area contributed by atoms with Gasteiger partial charge in [-0.1, -0.05) is 6.92 Å². The highest BCUT2D eigenvalue weighted by molar-refractivity contribution is 4.93. The van der Waals surface area contributed by atoms with Gasteiger partial charge in [0.1, 0.15) is 12.4 Å². The van der Waals surface area contributed by atoms with E-state index in [1.165, 1.54) is 12.8 Å². The number of hydrogen-bond acceptors (Lipinski definition) is 4. The Hall–Kier alpha value is -0.870. The van der Waals surface area contributed by atoms with E-state index < -0.39 is 0 Å². The first-order chi connectivity index (χ1) is 7.88. The quantitative estimate of drug-likeness (QED) is 0.685. The summed E-state index contributed by atoms with van der Waals surface area (Å²) >= 11 is 0. The minimum atomic E-state index is 0.539. The van der Waals surface area contributed by atoms with Crippen LogP contribution in [0.5, 0.6) is 0 Å². The number of nitrogens with one attached hydrogen (secondary N) is 1. The van der Waals surface area contributed by atoms with Gasteiger partial charge < -0.3 is 14.5 Å². The number of nitrogens with zero attached hydrogens (tertiary/aromatic N) is 1. The van der Waals surface area contributed by atoms with Crippen LogP contribution in [0.1, 0.15) is 37.8 Å². The van der Waals surface area contributed by atoms with Crippen LogP contribution >= 0.6 is 0 Å². The molecule has 1 aromatic rings. The fraction of sp³-hybridized carbons (Fsp3) is 0.750. The van der Waals surface area contributed by atoms with Gasteiger partial charge in [0, 0.05) is 25.6 Å². The maximum atomic E-state index is 5.56. The Morgan fingerprint density at radius 3 is 3.19 bits per heavy atom. The third-order valence-corrected chi connectivity index (χ3v) is 2.54. The van der Waals surface area contributed by atoms with Gasteiger partial charge in [0.15, 0.2) is 5.89 Å². The third kappa shape index (κ3) is 3.94. The summed E-state index contributed by atoms with van der Waals surface area (Å²) in [7, 11) is 0. The molecule has 0 saturated heterocycles. The molecule has 1 fully saturated rings. The lowest BCUT2D eigenvalue weighted by molar-refractivity contribution is 0.106. The van der Waals surface area contributed by atoms with E-state index in [9.17, 15) is 0 Å². The smallest absolute Gasteiger partial charge is 0.195 e. The monoisotopic (exact) mass is 224 g/mol. The molecule has 4 nitrogen and oxygen atoms in total. The molecule has 4 heteroatoms. The molecule has 90 valence electrons. The van der Waals surface area contributed by atoms with Crippen LogP contribution in [0.25, 0.3) is 0 Å². The molecule has 1 aliphatic rings. The van der Waals surface area contributed by atoms with E-state index in [1.54, 1.807) is 6.20 Å². The van der Waals surface area contributed by atoms with Crippen molar-refractivity contribution in [2.24, 2.45) is 0 Å². The van der Waals surface area contributed by atoms with Gasteiger partial charge in [-0.15, -0.1) is 0 Å². The van der Waals surface area contributed by atoms with Crippen molar-refractivity contribution in [1.29, 1.82) is 0 Å². The van der Waals surface area contributed by atoms with E-state index in [4.69, 9.17) is 9.15 Å². The van der Waals surface area contributed by atoms with Gasteiger partial charge in [-0.3, -0.25) is 0 Å². The normalized spacial score (nSPS) is 15.6. The molecule has 2 rings (SSSR count). The summed E-state index contributed by atoms with van der Waals surface area (Å²) < 4.78 is 10.9. The Labute approximate surface area is 96.4 Å². The Bertz CT molecular complexity index is 308. The molecule has 1 aromatic heterocycles. The molecular weight excluding hydrogens is 204 g/mol. The van der Waals surface area contributed by atoms with Crippen molar-refractivity contribution >= 4 is 0 Å². The summed E-state index contributed by atoms with van der Waals surface area (Å²) in [6, 6.07) is 0.752. The van der Waals surface area contributed by atoms with Crippen LogP contribution < -0.4 is 5.32 Å². The molecule has 1 saturated carbocycles. The zero-order chi connectivity index (χ0) is 11.2. The standard InChI is InChI=1S/C12H20N2O2/c1-2-7-15-9-11-8-14-12(16-11)5-6-13-10-3-4-10/h8,10,13H,2-7,9H2,1H3. The summed E-state index contributed by atoms with van der Waals surface area (Å²) in [6.07, 6.45) is 6.31. The van der Waals surface area contributed by atoms with Gasteiger partial charge in [-0.05, 0) is 19.3 Å². The van der Waals surface area contributed by atoms with E-state index >= 15 is 0 Å². The van der Waals surface area contributed by atoms with Crippen molar-refractivity contribution in [1.82, 2.24) is 10.3 Å². The van der Waals surface area contributed by atoms with Gasteiger partial charge in [-0.25, -0.2) is 4.98 Å². The number of ether oxygens (including phenoxy) is 1. The summed E-state index contributed by atoms with van der Waals surface area (Å²) in [5, 5.41) is 3.44. The van der Waals surface area contributed by atoms with Crippen LogP contribution in [0, 0.1) is 0 Å². The molecule has 1 heterocycles. The molecular formula is C12H20N2O2. The Morgan fingerprint density at radius 2 is 2.44 bits per heavy atom. The average molecular weight is 224 g/mol. The number of oxazole rings is 1. The maximum absolute atomic E-state index is 5.56. The van der Waals surface area contributed by atoms with Gasteiger partial charge in [-0.2, -0.15) is 0 Å². The molecule has 1 aliphatic carbocycles. The average Bonchev–Trinajstić information content (AvgIpc) is 2.99. The van der Waals surface area contributed by atoms with Crippen molar-refractivity contribution in [3.05, 3.63) is 17.8 Å². The zero-order valence-electron chi connectivity index (χ0n) is 9.87. The van der Waals surface area contributed by atoms with Gasteiger partial charge in [0.2, 0.25) is 0 Å². The van der Waals surface area contributed by atoms with Crippen LogP contribution in [-0.4, -0.2) is 24.2 Å². The molecule has 0 atom stereocenters. The number of aromatic nitrogens is 1. The zero-order valence-corrected chi connectivity index (χ0v) is 9.87. The lowest BCUT2D eigenvalue weighted by Crippen LogP contribution is -2.19. The van der Waals surface area contributed by atoms with Crippen molar-refractivity contribution in [2.75, 3.05) is 13.2 Å². The fourth-order valence-corrected chi connectivity index (χ4v) is 1.52. The molecule has 0 aromatic carbocycles. The first-order valence-electron chi connectivity index (χ1n) is 6.13. The maximum Gasteiger partial charge on any atom is 0.195 e. The fourth-order valence-electron chi connectivity index (χ4n) is 1.52. The van der Waals surface area contributed by atoms with Crippen LogP contribution in [0.2, 0.25) is 0 Å². The topological polar surface area (TPSA) is 47.3 Å². The highest BCUT2D eigenvalue weighted by Gasteiger charge is 2.19. The van der Waals surface area contributed by atoms with Crippen molar-refractivity contribution in [3.63, 3.8) is 0 Å². The van der Waals surface area contributed by atoms with Crippen molar-refractivity contribution < 1.29 is 9.15 Å². The molecule has 16 heavy (non-hydrogen) atoms. The molecule has 1 N–H and O–H groups in total. The highest BCUT2D eigenvalue weighted by Crippen LogP contribution is 2.18. The van der Waals surface area contributed by atoms with Crippen LogP contribution in [0.4, 0.5) is 0 Å². The predicted octanol–water partition coefficient (Wildman–Crippen LogP) is 1.90. The van der Waals surface area contributed by atoms with Crippen LogP contribution in [0.15, 0.2) is 10.6 Å². The molecule has 0 radical (unpaired) electrons. The first kappa shape index (κ1) is 11.6. The lowest BCUT2D eigenvalue weighted by Gasteiger charge is -1.99. The van der Waals surface area contributed by atoms with Gasteiger partial charge >= 0.3 is 0 Å². The second-order valence-electron chi connectivity index (χ2n) is 4.25. The summed E-state index contributed by atoms with van der Waals surface area (Å²) in [5.74, 6) is 1.64. The first-order valence-corrected chi connectivity index (χ1v) is 6.13. The van der Waals surface area contributed by atoms with E-state index in [2.05, 4.69) is 17.2 Å². The molecule has 0 aliphatic heterocycles. The number of hydrogen-bond donors (Lipinski definition) is 1. The van der Waals surface area contributed by atoms with Gasteiger partial charge in [0.05, 0.1) is 6.20 Å². The summed E-state index contributed by atoms with van der Waals surface area (Å²) in [5.41, 5.74) is 0. The van der Waals surface area contributed by atoms with E-state index in [0.29, 0.717) is 6.61 Å². The summed E-state index contributed by atoms with van der Waals surface area (Å²) in [6.45, 7) is 4.37. The van der Waals surface area contributed by atoms with Crippen molar-refractivity contribution in [2.45, 2.75) is 45.3 Å². The second-order valence-corrected chi connectivity index (χ2v) is 4.25. The highest BCUT2D eigenvalue weighted by atomic mass is 16.5. The molecule has 0 unspecified atom stereocenters. The van der Waals surface area contributed by atoms with E-state index in [0.717, 1.165) is 43.7 Å². The molecule has 0 amide bonds. The minimum Gasteiger partial charge on any atom is -0.443 e. The Morgan fingerprint density at radius 1 is 1.56 bits per heavy atom. The largest absolute Gasteiger partial charge is 0.443 e. The molecule has 0 bridgehead atoms.